The van der Waals surface area contributed by atoms with Crippen LogP contribution in [-0.2, 0) is 21.4 Å². The van der Waals surface area contributed by atoms with Crippen molar-refractivity contribution in [2.45, 2.75) is 18.4 Å². The highest BCUT2D eigenvalue weighted by Gasteiger charge is 2.25. The number of Topliss-reactive ketones (excluding diaryl/α,β-unsaturated/α-hetero) is 1. The van der Waals surface area contributed by atoms with Gasteiger partial charge in [-0.2, -0.15) is 13.0 Å². The van der Waals surface area contributed by atoms with Crippen LogP contribution in [0, 0.1) is 0 Å². The van der Waals surface area contributed by atoms with Crippen LogP contribution in [0.15, 0.2) is 47.5 Å². The molecule has 7 heteroatoms. The number of hydrogen-bond donors (Lipinski definition) is 1. The molecule has 122 valence electrons. The van der Waals surface area contributed by atoms with Gasteiger partial charge in [0, 0.05) is 25.7 Å². The Morgan fingerprint density at radius 3 is 2.43 bits per heavy atom. The molecular weight excluding hydrogens is 318 g/mol. The zero-order valence-electron chi connectivity index (χ0n) is 12.9. The number of aromatic nitrogens is 1. The Morgan fingerprint density at radius 2 is 1.83 bits per heavy atom. The molecule has 0 fully saturated rings. The third-order valence-corrected chi connectivity index (χ3v) is 4.31. The average Bonchev–Trinajstić information content (AvgIpc) is 2.51. The standard InChI is InChI=1S/C16H17NO5S/c1-12(18)16-14(7-5-9-17(16)10-11-22-2)13-6-3-4-8-15(13)23(19,20)21/h3-9H,10-11H2,1-2H3/p+1. The SMILES string of the molecule is COCC[n+]1cccc(-c2ccccc2S(=O)(=O)O)c1C(C)=O. The van der Waals surface area contributed by atoms with E-state index in [0.717, 1.165) is 0 Å². The Bertz CT molecular complexity index is 830. The number of ether oxygens (including phenoxy) is 1. The summed E-state index contributed by atoms with van der Waals surface area (Å²) < 4.78 is 39.4. The van der Waals surface area contributed by atoms with Crippen LogP contribution in [0.3, 0.4) is 0 Å². The Kier molecular flexibility index (Phi) is 5.25. The van der Waals surface area contributed by atoms with Crippen molar-refractivity contribution < 1.29 is 27.1 Å². The lowest BCUT2D eigenvalue weighted by Crippen LogP contribution is -2.42. The topological polar surface area (TPSA) is 84.6 Å². The average molecular weight is 336 g/mol. The van der Waals surface area contributed by atoms with E-state index in [1.807, 2.05) is 0 Å². The molecule has 1 N–H and O–H groups in total. The highest BCUT2D eigenvalue weighted by Crippen LogP contribution is 2.28. The molecule has 1 aromatic carbocycles. The number of rotatable bonds is 6. The van der Waals surface area contributed by atoms with Crippen molar-refractivity contribution >= 4 is 15.9 Å². The molecule has 0 saturated heterocycles. The maximum Gasteiger partial charge on any atom is 0.295 e. The summed E-state index contributed by atoms with van der Waals surface area (Å²) in [5.41, 5.74) is 1.09. The van der Waals surface area contributed by atoms with Crippen molar-refractivity contribution in [1.29, 1.82) is 0 Å². The number of carbonyl (C=O) groups excluding carboxylic acids is 1. The predicted octanol–water partition coefficient (Wildman–Crippen LogP) is 1.74. The summed E-state index contributed by atoms with van der Waals surface area (Å²) in [4.78, 5) is 11.9. The summed E-state index contributed by atoms with van der Waals surface area (Å²) in [5, 5.41) is 0. The Morgan fingerprint density at radius 1 is 1.17 bits per heavy atom. The molecule has 2 rings (SSSR count). The van der Waals surface area contributed by atoms with Crippen LogP contribution in [0.4, 0.5) is 0 Å². The number of nitrogens with zero attached hydrogens (tertiary/aromatic N) is 1. The van der Waals surface area contributed by atoms with Crippen LogP contribution in [0.2, 0.25) is 0 Å². The van der Waals surface area contributed by atoms with E-state index < -0.39 is 10.1 Å². The van der Waals surface area contributed by atoms with Gasteiger partial charge in [-0.05, 0) is 12.1 Å². The monoisotopic (exact) mass is 336 g/mol. The van der Waals surface area contributed by atoms with Crippen LogP contribution in [0.1, 0.15) is 17.4 Å². The van der Waals surface area contributed by atoms with Gasteiger partial charge in [0.25, 0.3) is 15.8 Å². The lowest BCUT2D eigenvalue weighted by Gasteiger charge is -2.10. The Balaban J connectivity index is 2.72. The van der Waals surface area contributed by atoms with E-state index in [4.69, 9.17) is 4.74 Å². The summed E-state index contributed by atoms with van der Waals surface area (Å²) in [5.74, 6) is -0.207. The minimum atomic E-state index is -4.40. The highest BCUT2D eigenvalue weighted by molar-refractivity contribution is 7.86. The van der Waals surface area contributed by atoms with Gasteiger partial charge < -0.3 is 4.74 Å². The number of ketones is 1. The number of pyridine rings is 1. The third-order valence-electron chi connectivity index (χ3n) is 3.40. The van der Waals surface area contributed by atoms with Gasteiger partial charge in [-0.1, -0.05) is 18.2 Å². The van der Waals surface area contributed by atoms with E-state index in [1.165, 1.54) is 19.1 Å². The summed E-state index contributed by atoms with van der Waals surface area (Å²) in [6.45, 7) is 2.28. The highest BCUT2D eigenvalue weighted by atomic mass is 32.2. The first-order chi connectivity index (χ1) is 10.9. The largest absolute Gasteiger partial charge is 0.378 e. The first kappa shape index (κ1) is 17.3. The van der Waals surface area contributed by atoms with Crippen LogP contribution < -0.4 is 4.57 Å². The van der Waals surface area contributed by atoms with Gasteiger partial charge in [-0.25, -0.2) is 0 Å². The molecule has 23 heavy (non-hydrogen) atoms. The van der Waals surface area contributed by atoms with Crippen LogP contribution >= 0.6 is 0 Å². The van der Waals surface area contributed by atoms with Gasteiger partial charge in [0.05, 0.1) is 5.56 Å². The predicted molar refractivity (Wildman–Crippen MR) is 83.8 cm³/mol. The van der Waals surface area contributed by atoms with Gasteiger partial charge in [0.15, 0.2) is 12.7 Å². The van der Waals surface area contributed by atoms with E-state index in [1.54, 1.807) is 42.1 Å². The fourth-order valence-corrected chi connectivity index (χ4v) is 3.16. The lowest BCUT2D eigenvalue weighted by atomic mass is 10.0. The van der Waals surface area contributed by atoms with Crippen molar-refractivity contribution in [3.05, 3.63) is 48.3 Å². The van der Waals surface area contributed by atoms with Gasteiger partial charge in [-0.3, -0.25) is 9.35 Å². The van der Waals surface area contributed by atoms with E-state index in [0.29, 0.717) is 24.4 Å². The second-order valence-corrected chi connectivity index (χ2v) is 6.37. The van der Waals surface area contributed by atoms with E-state index in [2.05, 4.69) is 0 Å². The first-order valence-electron chi connectivity index (χ1n) is 6.95. The molecule has 1 heterocycles. The van der Waals surface area contributed by atoms with Crippen LogP contribution in [0.5, 0.6) is 0 Å². The van der Waals surface area contributed by atoms with Crippen molar-refractivity contribution in [3.63, 3.8) is 0 Å². The molecule has 0 saturated carbocycles. The Labute approximate surface area is 135 Å². The Hall–Kier alpha value is -2.09. The normalized spacial score (nSPS) is 11.4. The number of hydrogen-bond acceptors (Lipinski definition) is 4. The minimum absolute atomic E-state index is 0.207. The summed E-state index contributed by atoms with van der Waals surface area (Å²) >= 11 is 0. The quantitative estimate of drug-likeness (QED) is 0.493. The molecule has 0 bridgehead atoms. The second-order valence-electron chi connectivity index (χ2n) is 4.98. The molecule has 0 aliphatic rings. The van der Waals surface area contributed by atoms with Gasteiger partial charge >= 0.3 is 0 Å². The van der Waals surface area contributed by atoms with Crippen LogP contribution in [0.25, 0.3) is 11.1 Å². The molecule has 1 aromatic heterocycles. The van der Waals surface area contributed by atoms with Gasteiger partial charge in [-0.15, -0.1) is 0 Å². The smallest absolute Gasteiger partial charge is 0.295 e. The second kappa shape index (κ2) is 6.99. The van der Waals surface area contributed by atoms with Crippen molar-refractivity contribution in [1.82, 2.24) is 0 Å². The number of carbonyl (C=O) groups is 1. The van der Waals surface area contributed by atoms with Crippen LogP contribution in [-0.4, -0.2) is 32.5 Å². The van der Waals surface area contributed by atoms with Crippen molar-refractivity contribution in [2.75, 3.05) is 13.7 Å². The molecule has 0 unspecified atom stereocenters. The van der Waals surface area contributed by atoms with Gasteiger partial charge in [0.1, 0.15) is 11.5 Å². The molecule has 0 aliphatic carbocycles. The van der Waals surface area contributed by atoms with E-state index in [-0.39, 0.29) is 16.2 Å². The maximum atomic E-state index is 12.1. The molecular formula is C16H18NO5S+. The van der Waals surface area contributed by atoms with Crippen molar-refractivity contribution in [2.24, 2.45) is 0 Å². The number of methoxy groups -OCH3 is 1. The molecule has 0 spiro atoms. The minimum Gasteiger partial charge on any atom is -0.378 e. The van der Waals surface area contributed by atoms with Gasteiger partial charge in [0.2, 0.25) is 5.78 Å². The molecule has 6 nitrogen and oxygen atoms in total. The van der Waals surface area contributed by atoms with E-state index in [9.17, 15) is 17.8 Å². The summed E-state index contributed by atoms with van der Waals surface area (Å²) in [6, 6.07) is 9.41. The van der Waals surface area contributed by atoms with E-state index >= 15 is 0 Å². The third kappa shape index (κ3) is 3.82. The number of benzene rings is 1. The summed E-state index contributed by atoms with van der Waals surface area (Å²) in [7, 11) is -2.84. The molecule has 0 atom stereocenters. The zero-order valence-corrected chi connectivity index (χ0v) is 13.7. The fourth-order valence-electron chi connectivity index (χ4n) is 2.45. The molecule has 2 aromatic rings. The molecule has 0 radical (unpaired) electrons. The molecule has 0 amide bonds. The summed E-state index contributed by atoms with van der Waals surface area (Å²) in [6.07, 6.45) is 1.73. The first-order valence-corrected chi connectivity index (χ1v) is 8.39. The zero-order chi connectivity index (χ0) is 17.0. The lowest BCUT2D eigenvalue weighted by molar-refractivity contribution is -0.699. The fraction of sp³-hybridized carbons (Fsp3) is 0.250. The van der Waals surface area contributed by atoms with Crippen molar-refractivity contribution in [3.8, 4) is 11.1 Å². The molecule has 0 aliphatic heterocycles. The maximum absolute atomic E-state index is 12.1.